The van der Waals surface area contributed by atoms with Crippen LogP contribution >= 0.6 is 0 Å². The predicted molar refractivity (Wildman–Crippen MR) is 52.4 cm³/mol. The number of halogens is 1. The molecule has 3 rings (SSSR count). The van der Waals surface area contributed by atoms with Gasteiger partial charge in [0.2, 0.25) is 5.67 Å². The molecule has 70 valence electrons. The summed E-state index contributed by atoms with van der Waals surface area (Å²) in [5, 5.41) is 0.930. The fraction of sp³-hybridized carbons (Fsp3) is 0.182. The van der Waals surface area contributed by atoms with Gasteiger partial charge < -0.3 is 4.42 Å². The summed E-state index contributed by atoms with van der Waals surface area (Å²) in [6.45, 7) is 0.173. The third-order valence-corrected chi connectivity index (χ3v) is 2.45. The summed E-state index contributed by atoms with van der Waals surface area (Å²) in [7, 11) is 0. The van der Waals surface area contributed by atoms with Crippen molar-refractivity contribution in [3.63, 3.8) is 0 Å². The number of hydrogen-bond donors (Lipinski definition) is 0. The van der Waals surface area contributed by atoms with Gasteiger partial charge in [0, 0.05) is 11.6 Å². The van der Waals surface area contributed by atoms with Crippen molar-refractivity contribution in [3.8, 4) is 0 Å². The van der Waals surface area contributed by atoms with Crippen molar-refractivity contribution in [1.82, 2.24) is 0 Å². The van der Waals surface area contributed by atoms with Crippen LogP contribution in [-0.2, 0) is 5.67 Å². The van der Waals surface area contributed by atoms with Crippen molar-refractivity contribution in [2.24, 2.45) is 4.99 Å². The molecule has 0 saturated carbocycles. The molecule has 1 aliphatic rings. The predicted octanol–water partition coefficient (Wildman–Crippen LogP) is 2.68. The molecular formula is C11H8FNO. The molecule has 0 bridgehead atoms. The molecule has 1 atom stereocenters. The van der Waals surface area contributed by atoms with Crippen LogP contribution in [0.4, 0.5) is 4.39 Å². The number of fused-ring (bicyclic) bond motifs is 1. The molecule has 0 N–H and O–H groups in total. The lowest BCUT2D eigenvalue weighted by Gasteiger charge is -2.22. The normalized spacial score (nSPS) is 25.2. The number of alkyl halides is 1. The maximum atomic E-state index is 13.8. The van der Waals surface area contributed by atoms with Crippen LogP contribution in [0.3, 0.4) is 0 Å². The van der Waals surface area contributed by atoms with Crippen LogP contribution in [0.25, 0.3) is 11.0 Å². The highest BCUT2D eigenvalue weighted by atomic mass is 19.1. The molecule has 0 radical (unpaired) electrons. The molecule has 1 unspecified atom stereocenters. The van der Waals surface area contributed by atoms with Crippen molar-refractivity contribution < 1.29 is 8.81 Å². The van der Waals surface area contributed by atoms with E-state index in [1.165, 1.54) is 6.21 Å². The van der Waals surface area contributed by atoms with Crippen LogP contribution in [0.5, 0.6) is 0 Å². The fourth-order valence-electron chi connectivity index (χ4n) is 1.58. The van der Waals surface area contributed by atoms with Crippen molar-refractivity contribution in [3.05, 3.63) is 36.1 Å². The Balaban J connectivity index is 2.19. The van der Waals surface area contributed by atoms with Gasteiger partial charge in [0.1, 0.15) is 11.3 Å². The quantitative estimate of drug-likeness (QED) is 0.677. The number of rotatable bonds is 1. The monoisotopic (exact) mass is 189 g/mol. The molecule has 0 aliphatic carbocycles. The Hall–Kier alpha value is -1.64. The highest BCUT2D eigenvalue weighted by Gasteiger charge is 2.38. The summed E-state index contributed by atoms with van der Waals surface area (Å²) in [6.07, 6.45) is 1.30. The third kappa shape index (κ3) is 0.923. The molecular weight excluding hydrogens is 181 g/mol. The molecule has 1 aromatic carbocycles. The van der Waals surface area contributed by atoms with E-state index in [1.54, 1.807) is 6.07 Å². The minimum atomic E-state index is -1.47. The SMILES string of the molecule is FC1(c2cc3ccccc3o2)C=NC1. The van der Waals surface area contributed by atoms with Crippen molar-refractivity contribution in [2.75, 3.05) is 6.54 Å². The van der Waals surface area contributed by atoms with Gasteiger partial charge in [-0.15, -0.1) is 0 Å². The second-order valence-corrected chi connectivity index (χ2v) is 3.48. The number of furan rings is 1. The second kappa shape index (κ2) is 2.44. The van der Waals surface area contributed by atoms with E-state index in [1.807, 2.05) is 24.3 Å². The summed E-state index contributed by atoms with van der Waals surface area (Å²) in [6, 6.07) is 9.25. The first-order chi connectivity index (χ1) is 6.78. The summed E-state index contributed by atoms with van der Waals surface area (Å²) in [5.74, 6) is 0.355. The fourth-order valence-corrected chi connectivity index (χ4v) is 1.58. The molecule has 3 heteroatoms. The smallest absolute Gasteiger partial charge is 0.221 e. The molecule has 0 amide bonds. The van der Waals surface area contributed by atoms with Gasteiger partial charge in [-0.1, -0.05) is 18.2 Å². The van der Waals surface area contributed by atoms with Crippen LogP contribution in [-0.4, -0.2) is 12.8 Å². The van der Waals surface area contributed by atoms with Crippen LogP contribution in [0.2, 0.25) is 0 Å². The minimum Gasteiger partial charge on any atom is -0.457 e. The first kappa shape index (κ1) is 7.74. The van der Waals surface area contributed by atoms with Crippen LogP contribution in [0, 0.1) is 0 Å². The molecule has 2 nitrogen and oxygen atoms in total. The lowest BCUT2D eigenvalue weighted by Crippen LogP contribution is -2.32. The number of hydrogen-bond acceptors (Lipinski definition) is 2. The second-order valence-electron chi connectivity index (χ2n) is 3.48. The van der Waals surface area contributed by atoms with Crippen LogP contribution < -0.4 is 0 Å². The molecule has 2 heterocycles. The van der Waals surface area contributed by atoms with Gasteiger partial charge in [-0.25, -0.2) is 4.39 Å². The lowest BCUT2D eigenvalue weighted by molar-refractivity contribution is 0.215. The zero-order valence-corrected chi connectivity index (χ0v) is 7.40. The van der Waals surface area contributed by atoms with Gasteiger partial charge in [-0.05, 0) is 12.1 Å². The number of nitrogens with zero attached hydrogens (tertiary/aromatic N) is 1. The zero-order chi connectivity index (χ0) is 9.60. The Bertz CT molecular complexity index is 484. The Morgan fingerprint density at radius 3 is 2.79 bits per heavy atom. The minimum absolute atomic E-state index is 0.173. The highest BCUT2D eigenvalue weighted by Crippen LogP contribution is 2.33. The standard InChI is InChI=1S/C11H8FNO/c12-11(6-13-7-11)10-5-8-3-1-2-4-9(8)14-10/h1-6H,7H2. The van der Waals surface area contributed by atoms with E-state index in [9.17, 15) is 4.39 Å². The van der Waals surface area contributed by atoms with Crippen molar-refractivity contribution in [2.45, 2.75) is 5.67 Å². The van der Waals surface area contributed by atoms with E-state index in [2.05, 4.69) is 4.99 Å². The maximum Gasteiger partial charge on any atom is 0.221 e. The molecule has 2 aromatic rings. The van der Waals surface area contributed by atoms with Gasteiger partial charge in [-0.2, -0.15) is 0 Å². The van der Waals surface area contributed by atoms with Gasteiger partial charge in [0.25, 0.3) is 0 Å². The first-order valence-electron chi connectivity index (χ1n) is 4.47. The highest BCUT2D eigenvalue weighted by molar-refractivity contribution is 5.82. The number of aliphatic imine (C=N–C) groups is 1. The van der Waals surface area contributed by atoms with E-state index in [0.717, 1.165) is 11.0 Å². The summed E-state index contributed by atoms with van der Waals surface area (Å²) in [4.78, 5) is 3.76. The largest absolute Gasteiger partial charge is 0.457 e. The van der Waals surface area contributed by atoms with Crippen LogP contribution in [0.1, 0.15) is 5.76 Å². The zero-order valence-electron chi connectivity index (χ0n) is 7.40. The average molecular weight is 189 g/mol. The Kier molecular flexibility index (Phi) is 1.35. The molecule has 1 aliphatic heterocycles. The summed E-state index contributed by atoms with van der Waals surface area (Å²) < 4.78 is 19.2. The lowest BCUT2D eigenvalue weighted by atomic mass is 10.0. The van der Waals surface area contributed by atoms with E-state index in [0.29, 0.717) is 5.76 Å². The van der Waals surface area contributed by atoms with Gasteiger partial charge in [-0.3, -0.25) is 4.99 Å². The Morgan fingerprint density at radius 1 is 1.36 bits per heavy atom. The summed E-state index contributed by atoms with van der Waals surface area (Å²) in [5.41, 5.74) is -0.751. The van der Waals surface area contributed by atoms with Gasteiger partial charge >= 0.3 is 0 Å². The van der Waals surface area contributed by atoms with Gasteiger partial charge in [0.05, 0.1) is 6.54 Å². The molecule has 14 heavy (non-hydrogen) atoms. The topological polar surface area (TPSA) is 25.5 Å². The van der Waals surface area contributed by atoms with Gasteiger partial charge in [0.15, 0.2) is 0 Å². The molecule has 0 fully saturated rings. The Labute approximate surface area is 80.1 Å². The van der Waals surface area contributed by atoms with E-state index >= 15 is 0 Å². The first-order valence-corrected chi connectivity index (χ1v) is 4.47. The van der Waals surface area contributed by atoms with E-state index in [-0.39, 0.29) is 6.54 Å². The number of para-hydroxylation sites is 1. The van der Waals surface area contributed by atoms with Crippen molar-refractivity contribution in [1.29, 1.82) is 0 Å². The van der Waals surface area contributed by atoms with Crippen molar-refractivity contribution >= 4 is 17.2 Å². The number of benzene rings is 1. The molecule has 0 spiro atoms. The third-order valence-electron chi connectivity index (χ3n) is 2.45. The van der Waals surface area contributed by atoms with E-state index in [4.69, 9.17) is 4.42 Å². The Morgan fingerprint density at radius 2 is 2.14 bits per heavy atom. The van der Waals surface area contributed by atoms with Crippen LogP contribution in [0.15, 0.2) is 39.7 Å². The summed E-state index contributed by atoms with van der Waals surface area (Å²) >= 11 is 0. The molecule has 1 aromatic heterocycles. The average Bonchev–Trinajstić information content (AvgIpc) is 2.57. The maximum absolute atomic E-state index is 13.8. The van der Waals surface area contributed by atoms with E-state index < -0.39 is 5.67 Å². The molecule has 0 saturated heterocycles.